The Bertz CT molecular complexity index is 539. The van der Waals surface area contributed by atoms with Crippen LogP contribution in [0.5, 0.6) is 0 Å². The number of amides is 1. The lowest BCUT2D eigenvalue weighted by atomic mass is 10.2. The molecule has 3 nitrogen and oxygen atoms in total. The van der Waals surface area contributed by atoms with Crippen molar-refractivity contribution < 1.29 is 18.0 Å². The molecule has 1 amide bonds. The van der Waals surface area contributed by atoms with Gasteiger partial charge in [0, 0.05) is 12.1 Å². The van der Waals surface area contributed by atoms with Gasteiger partial charge in [-0.3, -0.25) is 4.79 Å². The molecule has 0 aliphatic carbocycles. The number of rotatable bonds is 2. The first-order chi connectivity index (χ1) is 9.91. The number of nitrogens with one attached hydrogen (secondary N) is 1. The number of carbonyl (C=O) groups excluding carboxylic acids is 1. The van der Waals surface area contributed by atoms with Crippen LogP contribution in [0.3, 0.4) is 0 Å². The second kappa shape index (κ2) is 8.06. The molecule has 1 atom stereocenters. The lowest BCUT2D eigenvalue weighted by Gasteiger charge is -2.09. The molecule has 0 spiro atoms. The third-order valence-corrected chi connectivity index (χ3v) is 2.34. The number of nitrogens with two attached hydrogens (primary N) is 1. The molecule has 112 valence electrons. The summed E-state index contributed by atoms with van der Waals surface area (Å²) in [5.41, 5.74) is 4.49. The van der Waals surface area contributed by atoms with E-state index >= 15 is 0 Å². The van der Waals surface area contributed by atoms with E-state index in [-0.39, 0.29) is 0 Å². The van der Waals surface area contributed by atoms with Crippen molar-refractivity contribution in [2.45, 2.75) is 13.0 Å². The Morgan fingerprint density at radius 1 is 1.00 bits per heavy atom. The molecule has 0 unspecified atom stereocenters. The number of hydrogen-bond donors (Lipinski definition) is 2. The van der Waals surface area contributed by atoms with Crippen molar-refractivity contribution in [1.82, 2.24) is 0 Å². The first-order valence-corrected chi connectivity index (χ1v) is 6.13. The van der Waals surface area contributed by atoms with E-state index in [1.807, 2.05) is 41.7 Å². The lowest BCUT2D eigenvalue weighted by Crippen LogP contribution is -2.33. The quantitative estimate of drug-likeness (QED) is 0.895. The molecule has 0 heterocycles. The Kier molecular flexibility index (Phi) is 6.42. The lowest BCUT2D eigenvalue weighted by molar-refractivity contribution is -0.117. The molecule has 0 aromatic heterocycles. The van der Waals surface area contributed by atoms with Gasteiger partial charge in [0.15, 0.2) is 11.6 Å². The van der Waals surface area contributed by atoms with Gasteiger partial charge in [0.2, 0.25) is 5.91 Å². The molecule has 0 fully saturated rings. The van der Waals surface area contributed by atoms with Crippen molar-refractivity contribution in [3.63, 3.8) is 0 Å². The fourth-order valence-electron chi connectivity index (χ4n) is 1.28. The standard InChI is InChI=1S/C9H9F3N2O.C6H6/c1-4(13)9(15)14-8-6(11)2-5(10)3-7(8)12;1-2-4-6-5-3-1/h2-4H,13H2,1H3,(H,14,15);1-6H/t4-;/m0./s1. The summed E-state index contributed by atoms with van der Waals surface area (Å²) in [7, 11) is 0. The van der Waals surface area contributed by atoms with Crippen molar-refractivity contribution in [2.75, 3.05) is 5.32 Å². The summed E-state index contributed by atoms with van der Waals surface area (Å²) in [6.45, 7) is 1.36. The highest BCUT2D eigenvalue weighted by Crippen LogP contribution is 2.20. The maximum absolute atomic E-state index is 13.0. The maximum Gasteiger partial charge on any atom is 0.241 e. The van der Waals surface area contributed by atoms with Gasteiger partial charge in [0.25, 0.3) is 0 Å². The molecule has 3 N–H and O–H groups in total. The Labute approximate surface area is 120 Å². The zero-order valence-corrected chi connectivity index (χ0v) is 11.3. The predicted molar refractivity (Wildman–Crippen MR) is 75.0 cm³/mol. The highest BCUT2D eigenvalue weighted by molar-refractivity contribution is 5.94. The number of hydrogen-bond acceptors (Lipinski definition) is 2. The summed E-state index contributed by atoms with van der Waals surface area (Å²) >= 11 is 0. The smallest absolute Gasteiger partial charge is 0.241 e. The van der Waals surface area contributed by atoms with Gasteiger partial charge in [-0.05, 0) is 6.92 Å². The van der Waals surface area contributed by atoms with E-state index in [1.165, 1.54) is 6.92 Å². The molecule has 0 radical (unpaired) electrons. The van der Waals surface area contributed by atoms with Crippen molar-refractivity contribution in [1.29, 1.82) is 0 Å². The fraction of sp³-hybridized carbons (Fsp3) is 0.133. The van der Waals surface area contributed by atoms with Crippen molar-refractivity contribution >= 4 is 11.6 Å². The van der Waals surface area contributed by atoms with E-state index in [0.717, 1.165) is 0 Å². The largest absolute Gasteiger partial charge is 0.320 e. The minimum absolute atomic E-state index is 0.472. The highest BCUT2D eigenvalue weighted by atomic mass is 19.1. The van der Waals surface area contributed by atoms with Crippen LogP contribution in [0, 0.1) is 17.5 Å². The summed E-state index contributed by atoms with van der Waals surface area (Å²) in [4.78, 5) is 11.0. The second-order valence-corrected chi connectivity index (χ2v) is 4.18. The zero-order chi connectivity index (χ0) is 15.8. The zero-order valence-electron chi connectivity index (χ0n) is 11.3. The summed E-state index contributed by atoms with van der Waals surface area (Å²) in [6, 6.07) is 12.0. The van der Waals surface area contributed by atoms with Crippen LogP contribution in [0.15, 0.2) is 48.5 Å². The van der Waals surface area contributed by atoms with Gasteiger partial charge < -0.3 is 11.1 Å². The van der Waals surface area contributed by atoms with E-state index in [2.05, 4.69) is 0 Å². The molecule has 0 saturated carbocycles. The average Bonchev–Trinajstić information content (AvgIpc) is 2.45. The first kappa shape index (κ1) is 16.7. The molecular formula is C15H15F3N2O. The first-order valence-electron chi connectivity index (χ1n) is 6.13. The Hall–Kier alpha value is -2.34. The third kappa shape index (κ3) is 5.66. The van der Waals surface area contributed by atoms with Crippen LogP contribution in [-0.4, -0.2) is 11.9 Å². The van der Waals surface area contributed by atoms with Crippen LogP contribution in [0.2, 0.25) is 0 Å². The monoisotopic (exact) mass is 296 g/mol. The summed E-state index contributed by atoms with van der Waals surface area (Å²) in [5, 5.41) is 1.92. The third-order valence-electron chi connectivity index (χ3n) is 2.34. The maximum atomic E-state index is 13.0. The second-order valence-electron chi connectivity index (χ2n) is 4.18. The van der Waals surface area contributed by atoms with Crippen molar-refractivity contribution in [2.24, 2.45) is 5.73 Å². The molecule has 0 aliphatic heterocycles. The van der Waals surface area contributed by atoms with Gasteiger partial charge in [-0.25, -0.2) is 13.2 Å². The molecule has 2 rings (SSSR count). The fourth-order valence-corrected chi connectivity index (χ4v) is 1.28. The van der Waals surface area contributed by atoms with Crippen LogP contribution >= 0.6 is 0 Å². The number of anilines is 1. The van der Waals surface area contributed by atoms with Gasteiger partial charge in [0.05, 0.1) is 6.04 Å². The van der Waals surface area contributed by atoms with Gasteiger partial charge in [-0.1, -0.05) is 36.4 Å². The molecule has 2 aromatic rings. The minimum atomic E-state index is -1.18. The average molecular weight is 296 g/mol. The van der Waals surface area contributed by atoms with Gasteiger partial charge in [-0.15, -0.1) is 0 Å². The van der Waals surface area contributed by atoms with Crippen LogP contribution in [0.25, 0.3) is 0 Å². The van der Waals surface area contributed by atoms with Gasteiger partial charge >= 0.3 is 0 Å². The normalized spacial score (nSPS) is 11.1. The number of carbonyl (C=O) groups is 1. The predicted octanol–water partition coefficient (Wildman–Crippen LogP) is 3.08. The Morgan fingerprint density at radius 3 is 1.71 bits per heavy atom. The van der Waals surface area contributed by atoms with E-state index in [4.69, 9.17) is 5.73 Å². The molecule has 6 heteroatoms. The van der Waals surface area contributed by atoms with Crippen LogP contribution in [-0.2, 0) is 4.79 Å². The molecule has 0 bridgehead atoms. The molecule has 0 saturated heterocycles. The topological polar surface area (TPSA) is 55.1 Å². The summed E-state index contributed by atoms with van der Waals surface area (Å²) < 4.78 is 38.5. The molecule has 0 aliphatic rings. The van der Waals surface area contributed by atoms with Crippen LogP contribution in [0.1, 0.15) is 6.92 Å². The Balaban J connectivity index is 0.000000304. The number of benzene rings is 2. The molecule has 2 aromatic carbocycles. The van der Waals surface area contributed by atoms with Crippen molar-refractivity contribution in [3.8, 4) is 0 Å². The van der Waals surface area contributed by atoms with E-state index < -0.39 is 35.1 Å². The van der Waals surface area contributed by atoms with Gasteiger partial charge in [-0.2, -0.15) is 0 Å². The summed E-state index contributed by atoms with van der Waals surface area (Å²) in [5.74, 6) is -4.16. The van der Waals surface area contributed by atoms with E-state index in [1.54, 1.807) is 0 Å². The van der Waals surface area contributed by atoms with E-state index in [0.29, 0.717) is 12.1 Å². The molecule has 21 heavy (non-hydrogen) atoms. The van der Waals surface area contributed by atoms with E-state index in [9.17, 15) is 18.0 Å². The Morgan fingerprint density at radius 2 is 1.38 bits per heavy atom. The van der Waals surface area contributed by atoms with Crippen molar-refractivity contribution in [3.05, 3.63) is 66.0 Å². The highest BCUT2D eigenvalue weighted by Gasteiger charge is 2.15. The SMILES string of the molecule is C[C@H](N)C(=O)Nc1c(F)cc(F)cc1F.c1ccccc1. The number of halogens is 3. The molecular weight excluding hydrogens is 281 g/mol. The minimum Gasteiger partial charge on any atom is -0.320 e. The van der Waals surface area contributed by atoms with Gasteiger partial charge in [0.1, 0.15) is 11.5 Å². The van der Waals surface area contributed by atoms with Crippen LogP contribution in [0.4, 0.5) is 18.9 Å². The summed E-state index contributed by atoms with van der Waals surface area (Å²) in [6.07, 6.45) is 0. The van der Waals surface area contributed by atoms with Crippen LogP contribution < -0.4 is 11.1 Å².